The number of hydrogen-bond acceptors (Lipinski definition) is 3. The summed E-state index contributed by atoms with van der Waals surface area (Å²) in [6, 6.07) is 8.16. The third-order valence-corrected chi connectivity index (χ3v) is 4.48. The van der Waals surface area contributed by atoms with Crippen LogP contribution in [0.25, 0.3) is 22.2 Å². The molecule has 5 nitrogen and oxygen atoms in total. The molecule has 1 unspecified atom stereocenters. The average Bonchev–Trinajstić information content (AvgIpc) is 2.87. The van der Waals surface area contributed by atoms with Gasteiger partial charge in [-0.25, -0.2) is 4.98 Å². The Bertz CT molecular complexity index is 927. The lowest BCUT2D eigenvalue weighted by Gasteiger charge is -2.13. The van der Waals surface area contributed by atoms with Gasteiger partial charge >= 0.3 is 0 Å². The van der Waals surface area contributed by atoms with E-state index in [4.69, 9.17) is 4.74 Å². The highest BCUT2D eigenvalue weighted by Gasteiger charge is 2.12. The van der Waals surface area contributed by atoms with Gasteiger partial charge in [-0.15, -0.1) is 0 Å². The number of fused-ring (bicyclic) bond motifs is 1. The number of imidazole rings is 1. The molecule has 2 aromatic heterocycles. The fourth-order valence-electron chi connectivity index (χ4n) is 3.02. The van der Waals surface area contributed by atoms with E-state index >= 15 is 0 Å². The van der Waals surface area contributed by atoms with Gasteiger partial charge in [0.05, 0.1) is 23.7 Å². The smallest absolute Gasteiger partial charge is 0.253 e. The van der Waals surface area contributed by atoms with Crippen molar-refractivity contribution >= 4 is 11.0 Å². The maximum Gasteiger partial charge on any atom is 0.253 e. The van der Waals surface area contributed by atoms with Crippen molar-refractivity contribution in [1.82, 2.24) is 14.1 Å². The lowest BCUT2D eigenvalue weighted by atomic mass is 10.1. The van der Waals surface area contributed by atoms with Crippen molar-refractivity contribution in [3.8, 4) is 11.1 Å². The van der Waals surface area contributed by atoms with Gasteiger partial charge in [0.2, 0.25) is 0 Å². The van der Waals surface area contributed by atoms with Crippen LogP contribution in [-0.4, -0.2) is 27.3 Å². The van der Waals surface area contributed by atoms with Gasteiger partial charge in [0, 0.05) is 25.9 Å². The second kappa shape index (κ2) is 6.24. The van der Waals surface area contributed by atoms with E-state index in [0.717, 1.165) is 40.1 Å². The number of methoxy groups -OCH3 is 1. The molecule has 0 amide bonds. The maximum absolute atomic E-state index is 11.9. The van der Waals surface area contributed by atoms with Gasteiger partial charge in [0.15, 0.2) is 0 Å². The molecule has 3 aromatic rings. The molecule has 0 aliphatic carbocycles. The summed E-state index contributed by atoms with van der Waals surface area (Å²) in [5.41, 5.74) is 4.94. The zero-order valence-corrected chi connectivity index (χ0v) is 14.8. The van der Waals surface area contributed by atoms with Crippen molar-refractivity contribution < 1.29 is 4.74 Å². The Kier molecular flexibility index (Phi) is 4.28. The molecule has 0 radical (unpaired) electrons. The topological polar surface area (TPSA) is 49.1 Å². The predicted octanol–water partition coefficient (Wildman–Crippen LogP) is 3.05. The van der Waals surface area contributed by atoms with Crippen molar-refractivity contribution in [2.75, 3.05) is 7.11 Å². The number of aromatic nitrogens is 3. The van der Waals surface area contributed by atoms with Crippen LogP contribution in [0, 0.1) is 13.8 Å². The monoisotopic (exact) mass is 325 g/mol. The molecule has 1 atom stereocenters. The Morgan fingerprint density at radius 2 is 1.96 bits per heavy atom. The summed E-state index contributed by atoms with van der Waals surface area (Å²) in [5, 5.41) is 0. The van der Waals surface area contributed by atoms with Gasteiger partial charge in [-0.3, -0.25) is 4.79 Å². The first-order valence-corrected chi connectivity index (χ1v) is 8.08. The number of aryl methyl sites for hydroxylation is 3. The highest BCUT2D eigenvalue weighted by atomic mass is 16.5. The first-order valence-electron chi connectivity index (χ1n) is 8.08. The average molecular weight is 325 g/mol. The first kappa shape index (κ1) is 16.5. The molecule has 1 aromatic carbocycles. The fourth-order valence-corrected chi connectivity index (χ4v) is 3.02. The lowest BCUT2D eigenvalue weighted by Crippen LogP contribution is -2.18. The molecule has 0 spiro atoms. The number of rotatable bonds is 4. The van der Waals surface area contributed by atoms with Crippen molar-refractivity contribution in [3.63, 3.8) is 0 Å². The van der Waals surface area contributed by atoms with Crippen LogP contribution in [0.3, 0.4) is 0 Å². The van der Waals surface area contributed by atoms with Crippen molar-refractivity contribution in [3.05, 3.63) is 52.2 Å². The lowest BCUT2D eigenvalue weighted by molar-refractivity contribution is 0.104. The predicted molar refractivity (Wildman–Crippen MR) is 96.4 cm³/mol. The Balaban J connectivity index is 2.14. The maximum atomic E-state index is 11.9. The van der Waals surface area contributed by atoms with Crippen LogP contribution in [-0.2, 0) is 18.3 Å². The normalized spacial score (nSPS) is 12.7. The molecule has 0 bridgehead atoms. The number of nitrogens with zero attached hydrogens (tertiary/aromatic N) is 3. The summed E-state index contributed by atoms with van der Waals surface area (Å²) in [7, 11) is 3.50. The van der Waals surface area contributed by atoms with E-state index in [-0.39, 0.29) is 11.7 Å². The van der Waals surface area contributed by atoms with E-state index in [0.29, 0.717) is 0 Å². The minimum Gasteiger partial charge on any atom is -0.380 e. The van der Waals surface area contributed by atoms with Crippen molar-refractivity contribution in [2.24, 2.45) is 7.05 Å². The Hall–Kier alpha value is -2.40. The summed E-state index contributed by atoms with van der Waals surface area (Å²) in [4.78, 5) is 16.5. The molecule has 0 saturated carbocycles. The molecule has 126 valence electrons. The number of pyridine rings is 1. The van der Waals surface area contributed by atoms with Crippen LogP contribution in [0.5, 0.6) is 0 Å². The molecule has 0 N–H and O–H groups in total. The number of hydrogen-bond donors (Lipinski definition) is 0. The van der Waals surface area contributed by atoms with Gasteiger partial charge in [-0.2, -0.15) is 0 Å². The Morgan fingerprint density at radius 1 is 1.21 bits per heavy atom. The molecule has 5 heteroatoms. The molecular weight excluding hydrogens is 302 g/mol. The van der Waals surface area contributed by atoms with E-state index in [2.05, 4.69) is 21.7 Å². The number of benzene rings is 1. The third kappa shape index (κ3) is 2.87. The summed E-state index contributed by atoms with van der Waals surface area (Å²) in [6.45, 7) is 6.66. The fraction of sp³-hybridized carbons (Fsp3) is 0.368. The molecule has 0 saturated heterocycles. The van der Waals surface area contributed by atoms with Crippen LogP contribution >= 0.6 is 0 Å². The minimum atomic E-state index is 0.0367. The van der Waals surface area contributed by atoms with Crippen LogP contribution in [0.2, 0.25) is 0 Å². The zero-order chi connectivity index (χ0) is 17.4. The molecular formula is C19H23N3O2. The van der Waals surface area contributed by atoms with Crippen molar-refractivity contribution in [2.45, 2.75) is 33.4 Å². The molecule has 0 fully saturated rings. The highest BCUT2D eigenvalue weighted by molar-refractivity contribution is 5.82. The quantitative estimate of drug-likeness (QED) is 0.741. The molecule has 0 aliphatic heterocycles. The van der Waals surface area contributed by atoms with E-state index in [1.165, 1.54) is 0 Å². The van der Waals surface area contributed by atoms with Crippen LogP contribution in [0.4, 0.5) is 0 Å². The second-order valence-electron chi connectivity index (χ2n) is 6.35. The van der Waals surface area contributed by atoms with Crippen LogP contribution in [0.1, 0.15) is 18.3 Å². The molecule has 0 aliphatic rings. The third-order valence-electron chi connectivity index (χ3n) is 4.48. The Morgan fingerprint density at radius 3 is 2.62 bits per heavy atom. The summed E-state index contributed by atoms with van der Waals surface area (Å²) in [5.74, 6) is 0.975. The van der Waals surface area contributed by atoms with E-state index in [1.807, 2.05) is 39.1 Å². The second-order valence-corrected chi connectivity index (χ2v) is 6.35. The SMILES string of the molecule is COC(C)Cn1c(C)nc2ccc(-c3cc(C)c(=O)n(C)c3)cc21. The van der Waals surface area contributed by atoms with Crippen molar-refractivity contribution in [1.29, 1.82) is 0 Å². The largest absolute Gasteiger partial charge is 0.380 e. The van der Waals surface area contributed by atoms with E-state index < -0.39 is 0 Å². The van der Waals surface area contributed by atoms with Gasteiger partial charge in [-0.05, 0) is 50.1 Å². The number of ether oxygens (including phenoxy) is 1. The highest BCUT2D eigenvalue weighted by Crippen LogP contribution is 2.25. The van der Waals surface area contributed by atoms with Gasteiger partial charge in [0.1, 0.15) is 5.82 Å². The molecule has 3 rings (SSSR count). The minimum absolute atomic E-state index is 0.0367. The molecule has 2 heterocycles. The summed E-state index contributed by atoms with van der Waals surface area (Å²) >= 11 is 0. The Labute approximate surface area is 141 Å². The van der Waals surface area contributed by atoms with E-state index in [9.17, 15) is 4.79 Å². The zero-order valence-electron chi connectivity index (χ0n) is 14.8. The summed E-state index contributed by atoms with van der Waals surface area (Å²) in [6.07, 6.45) is 1.99. The first-order chi connectivity index (χ1) is 11.4. The van der Waals surface area contributed by atoms with Gasteiger partial charge < -0.3 is 13.9 Å². The van der Waals surface area contributed by atoms with Gasteiger partial charge in [-0.1, -0.05) is 6.07 Å². The standard InChI is InChI=1S/C19H23N3O2/c1-12-8-16(11-21(4)19(12)23)15-6-7-17-18(9-15)22(14(3)20-17)10-13(2)24-5/h6-9,11,13H,10H2,1-5H3. The summed E-state index contributed by atoms with van der Waals surface area (Å²) < 4.78 is 9.21. The van der Waals surface area contributed by atoms with Gasteiger partial charge in [0.25, 0.3) is 5.56 Å². The molecule has 24 heavy (non-hydrogen) atoms. The van der Waals surface area contributed by atoms with Crippen LogP contribution < -0.4 is 5.56 Å². The van der Waals surface area contributed by atoms with E-state index in [1.54, 1.807) is 18.7 Å². The van der Waals surface area contributed by atoms with Crippen LogP contribution in [0.15, 0.2) is 35.3 Å².